The Balaban J connectivity index is 1.04. The first-order chi connectivity index (χ1) is 31.6. The van der Waals surface area contributed by atoms with Crippen molar-refractivity contribution >= 4 is 33.0 Å². The van der Waals surface area contributed by atoms with Gasteiger partial charge in [-0.25, -0.2) is 0 Å². The Morgan fingerprint density at radius 1 is 0.312 bits per heavy atom. The summed E-state index contributed by atoms with van der Waals surface area (Å²) in [7, 11) is 0. The van der Waals surface area contributed by atoms with Gasteiger partial charge in [-0.2, -0.15) is 0 Å². The van der Waals surface area contributed by atoms with Crippen LogP contribution in [-0.2, 0) is 5.41 Å². The second-order valence-electron chi connectivity index (χ2n) is 16.6. The number of rotatable bonds is 9. The van der Waals surface area contributed by atoms with Crippen LogP contribution in [0.4, 0.5) is 17.1 Å². The summed E-state index contributed by atoms with van der Waals surface area (Å²) in [6.07, 6.45) is 0. The summed E-state index contributed by atoms with van der Waals surface area (Å²) in [5, 5.41) is 0. The third kappa shape index (κ3) is 6.70. The van der Waals surface area contributed by atoms with E-state index in [0.29, 0.717) is 0 Å². The van der Waals surface area contributed by atoms with Crippen molar-refractivity contribution in [3.05, 3.63) is 281 Å². The highest BCUT2D eigenvalue weighted by Crippen LogP contribution is 2.57. The molecule has 0 atom stereocenters. The SMILES string of the molecule is Cc1cc(N(c2ccc(-c3ccccc3)cc2)c2ccc(-c3ccccc3-c3ccccc3-c3ccccc3Br)cc2)ccc1C1(c2ccccc2)c2ccccc2-c2ccccc21. The Bertz CT molecular complexity index is 3230. The molecular formula is C62H44BrN. The van der Waals surface area contributed by atoms with Crippen molar-refractivity contribution in [3.8, 4) is 55.6 Å². The van der Waals surface area contributed by atoms with Crippen LogP contribution in [0.1, 0.15) is 27.8 Å². The summed E-state index contributed by atoms with van der Waals surface area (Å²) in [6.45, 7) is 2.29. The summed E-state index contributed by atoms with van der Waals surface area (Å²) < 4.78 is 1.08. The minimum Gasteiger partial charge on any atom is -0.310 e. The molecule has 0 spiro atoms. The highest BCUT2D eigenvalue weighted by Gasteiger charge is 2.46. The Morgan fingerprint density at radius 3 is 1.28 bits per heavy atom. The molecular weight excluding hydrogens is 839 g/mol. The lowest BCUT2D eigenvalue weighted by Gasteiger charge is -2.36. The first-order valence-electron chi connectivity index (χ1n) is 21.9. The Hall–Kier alpha value is -7.52. The average molecular weight is 883 g/mol. The number of hydrogen-bond acceptors (Lipinski definition) is 1. The molecule has 0 unspecified atom stereocenters. The topological polar surface area (TPSA) is 3.24 Å². The van der Waals surface area contributed by atoms with Gasteiger partial charge in [0.05, 0.1) is 5.41 Å². The predicted octanol–water partition coefficient (Wildman–Crippen LogP) is 17.3. The molecule has 0 fully saturated rings. The van der Waals surface area contributed by atoms with Crippen LogP contribution in [0, 0.1) is 6.92 Å². The quantitative estimate of drug-likeness (QED) is 0.140. The molecule has 2 heteroatoms. The Morgan fingerprint density at radius 2 is 0.719 bits per heavy atom. The van der Waals surface area contributed by atoms with Crippen molar-refractivity contribution in [3.63, 3.8) is 0 Å². The molecule has 1 aliphatic carbocycles. The second kappa shape index (κ2) is 16.6. The molecule has 1 nitrogen and oxygen atoms in total. The fraction of sp³-hybridized carbons (Fsp3) is 0.0323. The van der Waals surface area contributed by atoms with Crippen LogP contribution in [0.15, 0.2) is 253 Å². The van der Waals surface area contributed by atoms with Gasteiger partial charge in [-0.3, -0.25) is 0 Å². The normalized spacial score (nSPS) is 12.3. The molecule has 11 rings (SSSR count). The highest BCUT2D eigenvalue weighted by atomic mass is 79.9. The number of fused-ring (bicyclic) bond motifs is 3. The predicted molar refractivity (Wildman–Crippen MR) is 273 cm³/mol. The maximum Gasteiger partial charge on any atom is 0.0716 e. The van der Waals surface area contributed by atoms with Gasteiger partial charge in [0.15, 0.2) is 0 Å². The second-order valence-corrected chi connectivity index (χ2v) is 17.4. The van der Waals surface area contributed by atoms with E-state index in [1.54, 1.807) is 0 Å². The molecule has 0 bridgehead atoms. The number of nitrogens with zero attached hydrogens (tertiary/aromatic N) is 1. The van der Waals surface area contributed by atoms with Gasteiger partial charge < -0.3 is 4.90 Å². The maximum atomic E-state index is 3.83. The zero-order chi connectivity index (χ0) is 43.0. The smallest absolute Gasteiger partial charge is 0.0716 e. The van der Waals surface area contributed by atoms with E-state index in [1.165, 1.54) is 77.9 Å². The third-order valence-electron chi connectivity index (χ3n) is 13.0. The van der Waals surface area contributed by atoms with Crippen LogP contribution in [0.3, 0.4) is 0 Å². The van der Waals surface area contributed by atoms with E-state index in [1.807, 2.05) is 0 Å². The molecule has 0 N–H and O–H groups in total. The van der Waals surface area contributed by atoms with Crippen LogP contribution in [-0.4, -0.2) is 0 Å². The van der Waals surface area contributed by atoms with Crippen LogP contribution in [0.25, 0.3) is 55.6 Å². The van der Waals surface area contributed by atoms with E-state index in [-0.39, 0.29) is 0 Å². The molecule has 10 aromatic carbocycles. The molecule has 0 heterocycles. The average Bonchev–Trinajstić information content (AvgIpc) is 3.66. The Kier molecular flexibility index (Phi) is 10.2. The monoisotopic (exact) mass is 881 g/mol. The van der Waals surface area contributed by atoms with Gasteiger partial charge in [-0.15, -0.1) is 0 Å². The molecule has 0 amide bonds. The maximum absolute atomic E-state index is 3.83. The summed E-state index contributed by atoms with van der Waals surface area (Å²) in [6, 6.07) is 90.7. The van der Waals surface area contributed by atoms with E-state index in [9.17, 15) is 0 Å². The number of anilines is 3. The van der Waals surface area contributed by atoms with Crippen molar-refractivity contribution in [1.29, 1.82) is 0 Å². The van der Waals surface area contributed by atoms with Gasteiger partial charge in [0.2, 0.25) is 0 Å². The lowest BCUT2D eigenvalue weighted by atomic mass is 9.66. The molecule has 304 valence electrons. The van der Waals surface area contributed by atoms with Gasteiger partial charge in [-0.1, -0.05) is 222 Å². The van der Waals surface area contributed by atoms with Crippen LogP contribution in [0.2, 0.25) is 0 Å². The fourth-order valence-electron chi connectivity index (χ4n) is 10.2. The molecule has 64 heavy (non-hydrogen) atoms. The minimum atomic E-state index is -0.469. The Labute approximate surface area is 384 Å². The summed E-state index contributed by atoms with van der Waals surface area (Å²) in [5.41, 5.74) is 21.3. The van der Waals surface area contributed by atoms with Crippen LogP contribution in [0.5, 0.6) is 0 Å². The van der Waals surface area contributed by atoms with Gasteiger partial charge in [0.25, 0.3) is 0 Å². The van der Waals surface area contributed by atoms with E-state index < -0.39 is 5.41 Å². The number of halogens is 1. The van der Waals surface area contributed by atoms with Crippen LogP contribution < -0.4 is 4.90 Å². The van der Waals surface area contributed by atoms with Crippen molar-refractivity contribution in [2.24, 2.45) is 0 Å². The van der Waals surface area contributed by atoms with Crippen molar-refractivity contribution < 1.29 is 0 Å². The minimum absolute atomic E-state index is 0.469. The molecule has 0 aliphatic heterocycles. The number of hydrogen-bond donors (Lipinski definition) is 0. The fourth-order valence-corrected chi connectivity index (χ4v) is 10.7. The van der Waals surface area contributed by atoms with E-state index in [4.69, 9.17) is 0 Å². The zero-order valence-electron chi connectivity index (χ0n) is 35.5. The first-order valence-corrected chi connectivity index (χ1v) is 22.7. The van der Waals surface area contributed by atoms with Crippen molar-refractivity contribution in [2.45, 2.75) is 12.3 Å². The van der Waals surface area contributed by atoms with Crippen molar-refractivity contribution in [1.82, 2.24) is 0 Å². The summed E-state index contributed by atoms with van der Waals surface area (Å²) in [5.74, 6) is 0. The number of aryl methyl sites for hydroxylation is 1. The lowest BCUT2D eigenvalue weighted by Crippen LogP contribution is -2.29. The van der Waals surface area contributed by atoms with Gasteiger partial charge in [0.1, 0.15) is 0 Å². The van der Waals surface area contributed by atoms with E-state index in [0.717, 1.165) is 27.1 Å². The largest absolute Gasteiger partial charge is 0.310 e. The van der Waals surface area contributed by atoms with Gasteiger partial charge in [-0.05, 0) is 133 Å². The molecule has 10 aromatic rings. The van der Waals surface area contributed by atoms with Gasteiger partial charge in [0, 0.05) is 21.5 Å². The molecule has 0 aromatic heterocycles. The zero-order valence-corrected chi connectivity index (χ0v) is 37.1. The molecule has 0 radical (unpaired) electrons. The van der Waals surface area contributed by atoms with Crippen LogP contribution >= 0.6 is 15.9 Å². The first kappa shape index (κ1) is 39.3. The molecule has 0 saturated heterocycles. The third-order valence-corrected chi connectivity index (χ3v) is 13.7. The standard InChI is InChI=1S/C62H44BrN/c1-43-42-50(40-41-58(43)62(47-20-6-3-7-21-47)59-29-15-12-26-55(59)56-27-13-16-30-60(56)62)64(48-36-32-45(33-37-48)44-18-4-2-5-19-44)49-38-34-46(35-39-49)51-22-8-9-23-52(51)53-24-10-11-25-54(53)57-28-14-17-31-61(57)63/h2-42H,1H3. The van der Waals surface area contributed by atoms with E-state index in [2.05, 4.69) is 276 Å². The number of benzene rings is 10. The summed E-state index contributed by atoms with van der Waals surface area (Å²) >= 11 is 3.83. The highest BCUT2D eigenvalue weighted by molar-refractivity contribution is 9.10. The van der Waals surface area contributed by atoms with Crippen molar-refractivity contribution in [2.75, 3.05) is 4.90 Å². The molecule has 0 saturated carbocycles. The lowest BCUT2D eigenvalue weighted by molar-refractivity contribution is 0.761. The van der Waals surface area contributed by atoms with E-state index >= 15 is 0 Å². The molecule has 1 aliphatic rings. The van der Waals surface area contributed by atoms with Gasteiger partial charge >= 0.3 is 0 Å². The summed E-state index contributed by atoms with van der Waals surface area (Å²) in [4.78, 5) is 2.40.